The van der Waals surface area contributed by atoms with Gasteiger partial charge in [0.05, 0.1) is 24.5 Å². The maximum atomic E-state index is 14.7. The molecule has 0 bridgehead atoms. The summed E-state index contributed by atoms with van der Waals surface area (Å²) in [7, 11) is 0. The minimum Gasteiger partial charge on any atom is -0.442 e. The van der Waals surface area contributed by atoms with Crippen molar-refractivity contribution in [3.63, 3.8) is 0 Å². The molecule has 0 spiro atoms. The number of nitrogens with zero attached hydrogens (tertiary/aromatic N) is 2. The third-order valence-electron chi connectivity index (χ3n) is 5.73. The van der Waals surface area contributed by atoms with Crippen molar-refractivity contribution in [1.29, 1.82) is 0 Å². The molecule has 7 nitrogen and oxygen atoms in total. The van der Waals surface area contributed by atoms with Crippen molar-refractivity contribution >= 4 is 52.5 Å². The molecule has 2 fully saturated rings. The Morgan fingerprint density at radius 3 is 2.59 bits per heavy atom. The number of ketones is 1. The largest absolute Gasteiger partial charge is 0.442 e. The number of cyclic esters (lactones) is 1. The number of anilines is 2. The molecule has 0 aliphatic carbocycles. The van der Waals surface area contributed by atoms with Crippen LogP contribution in [0.3, 0.4) is 0 Å². The number of carbonyl (C=O) groups is 3. The van der Waals surface area contributed by atoms with Gasteiger partial charge in [-0.25, -0.2) is 9.18 Å². The van der Waals surface area contributed by atoms with Crippen LogP contribution in [0.1, 0.15) is 23.2 Å². The van der Waals surface area contributed by atoms with Gasteiger partial charge >= 0.3 is 6.09 Å². The fourth-order valence-corrected chi connectivity index (χ4v) is 5.00. The van der Waals surface area contributed by atoms with Crippen LogP contribution in [0.5, 0.6) is 0 Å². The molecule has 2 aromatic rings. The summed E-state index contributed by atoms with van der Waals surface area (Å²) in [4.78, 5) is 40.4. The Morgan fingerprint density at radius 2 is 1.85 bits per heavy atom. The number of ether oxygens (including phenoxy) is 1. The average Bonchev–Trinajstić information content (AvgIpc) is 3.22. The Kier molecular flexibility index (Phi) is 7.95. The SMILES string of the molecule is O=C(CCC(=O)c1ccc(Cl)cc1)NC[C@H]1CN(c2cccc(F)c2N2CCSCC2)C(=O)O1. The van der Waals surface area contributed by atoms with Crippen LogP contribution in [0.2, 0.25) is 5.02 Å². The van der Waals surface area contributed by atoms with Crippen molar-refractivity contribution in [2.24, 2.45) is 0 Å². The smallest absolute Gasteiger partial charge is 0.414 e. The molecule has 2 heterocycles. The van der Waals surface area contributed by atoms with Gasteiger partial charge in [0.15, 0.2) is 5.78 Å². The number of hydrogen-bond donors (Lipinski definition) is 1. The number of benzene rings is 2. The highest BCUT2D eigenvalue weighted by atomic mass is 35.5. The van der Waals surface area contributed by atoms with Crippen molar-refractivity contribution in [3.8, 4) is 0 Å². The molecule has 2 aromatic carbocycles. The van der Waals surface area contributed by atoms with E-state index in [4.69, 9.17) is 16.3 Å². The number of nitrogens with one attached hydrogen (secondary N) is 1. The molecule has 4 rings (SSSR count). The molecular formula is C24H25ClFN3O4S. The summed E-state index contributed by atoms with van der Waals surface area (Å²) >= 11 is 7.64. The maximum absolute atomic E-state index is 14.7. The first-order chi connectivity index (χ1) is 16.4. The van der Waals surface area contributed by atoms with Crippen LogP contribution < -0.4 is 15.1 Å². The molecule has 2 aliphatic heterocycles. The van der Waals surface area contributed by atoms with Crippen LogP contribution in [0.4, 0.5) is 20.6 Å². The van der Waals surface area contributed by atoms with Gasteiger partial charge in [-0.2, -0.15) is 11.8 Å². The van der Waals surface area contributed by atoms with E-state index in [0.717, 1.165) is 11.5 Å². The Morgan fingerprint density at radius 1 is 1.12 bits per heavy atom. The Balaban J connectivity index is 1.31. The van der Waals surface area contributed by atoms with Gasteiger partial charge in [-0.3, -0.25) is 14.5 Å². The van der Waals surface area contributed by atoms with Gasteiger partial charge in [0, 0.05) is 48.0 Å². The van der Waals surface area contributed by atoms with Gasteiger partial charge in [0.2, 0.25) is 5.91 Å². The average molecular weight is 506 g/mol. The second-order valence-corrected chi connectivity index (χ2v) is 9.72. The van der Waals surface area contributed by atoms with E-state index in [0.29, 0.717) is 35.1 Å². The van der Waals surface area contributed by atoms with Crippen molar-refractivity contribution in [2.45, 2.75) is 18.9 Å². The first-order valence-electron chi connectivity index (χ1n) is 11.1. The summed E-state index contributed by atoms with van der Waals surface area (Å²) in [5.41, 5.74) is 1.38. The molecule has 2 saturated heterocycles. The minimum absolute atomic E-state index is 0.0207. The number of Topliss-reactive ketones (excluding diaryl/α,β-unsaturated/α-hetero) is 1. The van der Waals surface area contributed by atoms with E-state index in [1.807, 2.05) is 16.7 Å². The first-order valence-corrected chi connectivity index (χ1v) is 12.6. The predicted octanol–water partition coefficient (Wildman–Crippen LogP) is 4.14. The summed E-state index contributed by atoms with van der Waals surface area (Å²) < 4.78 is 20.2. The molecule has 0 radical (unpaired) electrons. The normalized spacial score (nSPS) is 18.1. The molecule has 180 valence electrons. The lowest BCUT2D eigenvalue weighted by molar-refractivity contribution is -0.121. The van der Waals surface area contributed by atoms with Crippen LogP contribution in [-0.2, 0) is 9.53 Å². The molecule has 0 unspecified atom stereocenters. The van der Waals surface area contributed by atoms with Crippen molar-refractivity contribution in [3.05, 3.63) is 58.9 Å². The molecular weight excluding hydrogens is 481 g/mol. The zero-order chi connectivity index (χ0) is 24.1. The highest BCUT2D eigenvalue weighted by Gasteiger charge is 2.35. The number of para-hydroxylation sites is 1. The van der Waals surface area contributed by atoms with Crippen LogP contribution in [-0.4, -0.2) is 61.6 Å². The van der Waals surface area contributed by atoms with E-state index in [1.165, 1.54) is 11.0 Å². The van der Waals surface area contributed by atoms with Crippen LogP contribution in [0, 0.1) is 5.82 Å². The summed E-state index contributed by atoms with van der Waals surface area (Å²) in [5.74, 6) is 0.953. The lowest BCUT2D eigenvalue weighted by Crippen LogP contribution is -2.36. The lowest BCUT2D eigenvalue weighted by atomic mass is 10.1. The van der Waals surface area contributed by atoms with Gasteiger partial charge in [-0.05, 0) is 36.4 Å². The van der Waals surface area contributed by atoms with Crippen molar-refractivity contribution in [2.75, 3.05) is 47.5 Å². The van der Waals surface area contributed by atoms with E-state index in [1.54, 1.807) is 36.4 Å². The second-order valence-electron chi connectivity index (χ2n) is 8.06. The van der Waals surface area contributed by atoms with Gasteiger partial charge < -0.3 is 15.0 Å². The zero-order valence-electron chi connectivity index (χ0n) is 18.5. The molecule has 1 N–H and O–H groups in total. The third-order valence-corrected chi connectivity index (χ3v) is 6.92. The standard InChI is InChI=1S/C24H25ClFN3O4S/c25-17-6-4-16(5-7-17)21(30)8-9-22(31)27-14-18-15-29(24(32)33-18)20-3-1-2-19(26)23(20)28-10-12-34-13-11-28/h1-7,18H,8-15H2,(H,27,31)/t18-/m0/s1. The van der Waals surface area contributed by atoms with Gasteiger partial charge in [0.1, 0.15) is 11.9 Å². The zero-order valence-corrected chi connectivity index (χ0v) is 20.0. The number of amides is 2. The maximum Gasteiger partial charge on any atom is 0.414 e. The monoisotopic (exact) mass is 505 g/mol. The van der Waals surface area contributed by atoms with Crippen molar-refractivity contribution in [1.82, 2.24) is 5.32 Å². The third kappa shape index (κ3) is 5.82. The van der Waals surface area contributed by atoms with Gasteiger partial charge in [-0.15, -0.1) is 0 Å². The summed E-state index contributed by atoms with van der Waals surface area (Å²) in [5, 5.41) is 3.26. The number of thioether (sulfide) groups is 1. The predicted molar refractivity (Wildman–Crippen MR) is 132 cm³/mol. The van der Waals surface area contributed by atoms with E-state index in [-0.39, 0.29) is 43.4 Å². The van der Waals surface area contributed by atoms with E-state index >= 15 is 0 Å². The number of carbonyl (C=O) groups excluding carboxylic acids is 3. The van der Waals surface area contributed by atoms with Gasteiger partial charge in [0.25, 0.3) is 0 Å². The molecule has 2 aliphatic rings. The van der Waals surface area contributed by atoms with Crippen LogP contribution >= 0.6 is 23.4 Å². The number of halogens is 2. The van der Waals surface area contributed by atoms with E-state index < -0.39 is 12.2 Å². The quantitative estimate of drug-likeness (QED) is 0.543. The molecule has 10 heteroatoms. The fraction of sp³-hybridized carbons (Fsp3) is 0.375. The number of rotatable bonds is 8. The van der Waals surface area contributed by atoms with Gasteiger partial charge in [-0.1, -0.05) is 17.7 Å². The molecule has 1 atom stereocenters. The summed E-state index contributed by atoms with van der Waals surface area (Å²) in [6.07, 6.45) is -1.07. The molecule has 0 saturated carbocycles. The highest BCUT2D eigenvalue weighted by Crippen LogP contribution is 2.35. The summed E-state index contributed by atoms with van der Waals surface area (Å²) in [6.45, 7) is 1.72. The Bertz CT molecular complexity index is 1060. The summed E-state index contributed by atoms with van der Waals surface area (Å²) in [6, 6.07) is 11.2. The Hall–Kier alpha value is -2.78. The van der Waals surface area contributed by atoms with E-state index in [9.17, 15) is 18.8 Å². The fourth-order valence-electron chi connectivity index (χ4n) is 3.97. The second kappa shape index (κ2) is 11.1. The molecule has 0 aromatic heterocycles. The topological polar surface area (TPSA) is 79.0 Å². The van der Waals surface area contributed by atoms with Crippen molar-refractivity contribution < 1.29 is 23.5 Å². The molecule has 34 heavy (non-hydrogen) atoms. The minimum atomic E-state index is -0.574. The number of hydrogen-bond acceptors (Lipinski definition) is 6. The van der Waals surface area contributed by atoms with Crippen LogP contribution in [0.15, 0.2) is 42.5 Å². The highest BCUT2D eigenvalue weighted by molar-refractivity contribution is 7.99. The van der Waals surface area contributed by atoms with E-state index in [2.05, 4.69) is 5.32 Å². The van der Waals surface area contributed by atoms with Crippen LogP contribution in [0.25, 0.3) is 0 Å². The first kappa shape index (κ1) is 24.3. The Labute approximate surface area is 206 Å². The molecule has 2 amide bonds. The lowest BCUT2D eigenvalue weighted by Gasteiger charge is -2.32.